The van der Waals surface area contributed by atoms with Gasteiger partial charge in [-0.1, -0.05) is 25.7 Å². The molecule has 1 nitrogen and oxygen atoms in total. The van der Waals surface area contributed by atoms with Crippen LogP contribution in [0.1, 0.15) is 64.2 Å². The van der Waals surface area contributed by atoms with Crippen LogP contribution >= 0.6 is 0 Å². The fourth-order valence-electron chi connectivity index (χ4n) is 3.75. The summed E-state index contributed by atoms with van der Waals surface area (Å²) in [7, 11) is 0. The van der Waals surface area contributed by atoms with Crippen LogP contribution in [0.5, 0.6) is 0 Å². The number of hydrogen-bond acceptors (Lipinski definition) is 1. The normalized spacial score (nSPS) is 36.3. The van der Waals surface area contributed by atoms with Crippen LogP contribution in [0.25, 0.3) is 0 Å². The zero-order valence-electron chi connectivity index (χ0n) is 10.9. The maximum absolute atomic E-state index is 12.7. The largest absolute Gasteiger partial charge is 0.391 e. The maximum atomic E-state index is 12.7. The molecule has 0 unspecified atom stereocenters. The maximum Gasteiger partial charge on any atom is 0.391 e. The monoisotopic (exact) mass is 263 g/mol. The number of halogens is 3. The van der Waals surface area contributed by atoms with Gasteiger partial charge in [-0.05, 0) is 44.4 Å². The molecule has 18 heavy (non-hydrogen) atoms. The van der Waals surface area contributed by atoms with Crippen molar-refractivity contribution in [2.45, 2.75) is 75.9 Å². The highest BCUT2D eigenvalue weighted by Crippen LogP contribution is 2.45. The summed E-state index contributed by atoms with van der Waals surface area (Å²) in [5.74, 6) is -0.658. The number of nitrogens with two attached hydrogens (primary N) is 1. The lowest BCUT2D eigenvalue weighted by molar-refractivity contribution is -0.185. The summed E-state index contributed by atoms with van der Waals surface area (Å²) >= 11 is 0. The predicted octanol–water partition coefficient (Wildman–Crippen LogP) is 4.41. The Morgan fingerprint density at radius 1 is 0.833 bits per heavy atom. The minimum atomic E-state index is -4.02. The standard InChI is InChI=1S/C14H24F3N/c15-14(16,17)12-7-9-13(18,10-8-12)11-5-3-1-2-4-6-11/h11-12H,1-10,18H2. The second-order valence-electron chi connectivity index (χ2n) is 6.24. The van der Waals surface area contributed by atoms with E-state index in [9.17, 15) is 13.2 Å². The van der Waals surface area contributed by atoms with Crippen LogP contribution in [0.4, 0.5) is 13.2 Å². The van der Waals surface area contributed by atoms with E-state index in [1.165, 1.54) is 25.7 Å². The summed E-state index contributed by atoms with van der Waals surface area (Å²) in [6, 6.07) is 0. The van der Waals surface area contributed by atoms with Crippen molar-refractivity contribution in [2.24, 2.45) is 17.6 Å². The van der Waals surface area contributed by atoms with E-state index in [2.05, 4.69) is 0 Å². The minimum Gasteiger partial charge on any atom is -0.325 e. The molecule has 106 valence electrons. The second-order valence-corrected chi connectivity index (χ2v) is 6.24. The Kier molecular flexibility index (Phi) is 4.25. The summed E-state index contributed by atoms with van der Waals surface area (Å²) in [5, 5.41) is 0. The highest BCUT2D eigenvalue weighted by Gasteiger charge is 2.46. The first-order valence-corrected chi connectivity index (χ1v) is 7.27. The molecule has 0 bridgehead atoms. The van der Waals surface area contributed by atoms with E-state index in [4.69, 9.17) is 5.73 Å². The van der Waals surface area contributed by atoms with Gasteiger partial charge in [0, 0.05) is 5.54 Å². The lowest BCUT2D eigenvalue weighted by Gasteiger charge is -2.43. The van der Waals surface area contributed by atoms with Gasteiger partial charge in [0.15, 0.2) is 0 Å². The molecule has 2 rings (SSSR count). The Balaban J connectivity index is 1.93. The van der Waals surface area contributed by atoms with Gasteiger partial charge in [-0.15, -0.1) is 0 Å². The zero-order chi connectivity index (χ0) is 13.2. The molecule has 2 N–H and O–H groups in total. The summed E-state index contributed by atoms with van der Waals surface area (Å²) in [6.45, 7) is 0. The van der Waals surface area contributed by atoms with Crippen LogP contribution < -0.4 is 5.73 Å². The number of rotatable bonds is 1. The van der Waals surface area contributed by atoms with Crippen molar-refractivity contribution in [2.75, 3.05) is 0 Å². The van der Waals surface area contributed by atoms with Gasteiger partial charge < -0.3 is 5.73 Å². The lowest BCUT2D eigenvalue weighted by atomic mass is 9.68. The van der Waals surface area contributed by atoms with E-state index < -0.39 is 12.1 Å². The van der Waals surface area contributed by atoms with Gasteiger partial charge >= 0.3 is 6.18 Å². The van der Waals surface area contributed by atoms with E-state index in [1.807, 2.05) is 0 Å². The van der Waals surface area contributed by atoms with Crippen molar-refractivity contribution in [3.05, 3.63) is 0 Å². The molecule has 0 amide bonds. The molecule has 4 heteroatoms. The SMILES string of the molecule is NC1(C2CCCCCC2)CCC(C(F)(F)F)CC1. The molecule has 2 aliphatic rings. The average Bonchev–Trinajstić information content (AvgIpc) is 2.57. The Morgan fingerprint density at radius 2 is 1.33 bits per heavy atom. The van der Waals surface area contributed by atoms with Crippen LogP contribution in [0.3, 0.4) is 0 Å². The first-order valence-electron chi connectivity index (χ1n) is 7.27. The Hall–Kier alpha value is -0.250. The first-order chi connectivity index (χ1) is 8.42. The summed E-state index contributed by atoms with van der Waals surface area (Å²) in [5.41, 5.74) is 6.13. The van der Waals surface area contributed by atoms with Crippen molar-refractivity contribution < 1.29 is 13.2 Å². The molecule has 0 aromatic heterocycles. The zero-order valence-corrected chi connectivity index (χ0v) is 10.9. The van der Waals surface area contributed by atoms with Crippen molar-refractivity contribution in [3.63, 3.8) is 0 Å². The Labute approximate surface area is 107 Å². The van der Waals surface area contributed by atoms with E-state index in [0.29, 0.717) is 18.8 Å². The molecule has 2 aliphatic carbocycles. The quantitative estimate of drug-likeness (QED) is 0.697. The van der Waals surface area contributed by atoms with Crippen molar-refractivity contribution in [3.8, 4) is 0 Å². The van der Waals surface area contributed by atoms with Gasteiger partial charge in [-0.25, -0.2) is 0 Å². The molecular formula is C14H24F3N. The molecule has 0 aromatic rings. The van der Waals surface area contributed by atoms with Crippen molar-refractivity contribution in [1.82, 2.24) is 0 Å². The third kappa shape index (κ3) is 3.19. The molecule has 2 saturated carbocycles. The third-order valence-electron chi connectivity index (χ3n) is 5.05. The average molecular weight is 263 g/mol. The summed E-state index contributed by atoms with van der Waals surface area (Å²) in [4.78, 5) is 0. The Morgan fingerprint density at radius 3 is 1.78 bits per heavy atom. The molecular weight excluding hydrogens is 239 g/mol. The Bertz CT molecular complexity index is 259. The highest BCUT2D eigenvalue weighted by molar-refractivity contribution is 4.96. The van der Waals surface area contributed by atoms with Crippen LogP contribution in [0.2, 0.25) is 0 Å². The molecule has 0 spiro atoms. The number of alkyl halides is 3. The van der Waals surface area contributed by atoms with E-state index in [-0.39, 0.29) is 18.4 Å². The van der Waals surface area contributed by atoms with Gasteiger partial charge in [0.05, 0.1) is 5.92 Å². The summed E-state index contributed by atoms with van der Waals surface area (Å²) in [6.07, 6.45) is 4.72. The first kappa shape index (κ1) is 14.2. The molecule has 2 fully saturated rings. The van der Waals surface area contributed by atoms with Crippen LogP contribution in [-0.4, -0.2) is 11.7 Å². The molecule has 0 saturated heterocycles. The van der Waals surface area contributed by atoms with Crippen molar-refractivity contribution in [1.29, 1.82) is 0 Å². The molecule has 0 heterocycles. The van der Waals surface area contributed by atoms with Gasteiger partial charge in [0.1, 0.15) is 0 Å². The smallest absolute Gasteiger partial charge is 0.325 e. The number of hydrogen-bond donors (Lipinski definition) is 1. The fraction of sp³-hybridized carbons (Fsp3) is 1.00. The molecule has 0 radical (unpaired) electrons. The summed E-state index contributed by atoms with van der Waals surface area (Å²) < 4.78 is 38.0. The molecule has 0 aliphatic heterocycles. The van der Waals surface area contributed by atoms with E-state index >= 15 is 0 Å². The topological polar surface area (TPSA) is 26.0 Å². The fourth-order valence-corrected chi connectivity index (χ4v) is 3.75. The van der Waals surface area contributed by atoms with Crippen LogP contribution in [0.15, 0.2) is 0 Å². The van der Waals surface area contributed by atoms with Gasteiger partial charge in [-0.3, -0.25) is 0 Å². The third-order valence-corrected chi connectivity index (χ3v) is 5.05. The highest BCUT2D eigenvalue weighted by atomic mass is 19.4. The van der Waals surface area contributed by atoms with Crippen LogP contribution in [-0.2, 0) is 0 Å². The second kappa shape index (κ2) is 5.40. The van der Waals surface area contributed by atoms with Crippen molar-refractivity contribution >= 4 is 0 Å². The van der Waals surface area contributed by atoms with Gasteiger partial charge in [0.2, 0.25) is 0 Å². The minimum absolute atomic E-state index is 0.233. The molecule has 0 aromatic carbocycles. The van der Waals surface area contributed by atoms with Gasteiger partial charge in [0.25, 0.3) is 0 Å². The lowest BCUT2D eigenvalue weighted by Crippen LogP contribution is -2.51. The van der Waals surface area contributed by atoms with E-state index in [0.717, 1.165) is 12.8 Å². The molecule has 0 atom stereocenters. The van der Waals surface area contributed by atoms with Crippen LogP contribution in [0, 0.1) is 11.8 Å². The predicted molar refractivity (Wildman–Crippen MR) is 66.1 cm³/mol. The van der Waals surface area contributed by atoms with E-state index in [1.54, 1.807) is 0 Å². The van der Waals surface area contributed by atoms with Gasteiger partial charge in [-0.2, -0.15) is 13.2 Å².